The Morgan fingerprint density at radius 2 is 1.50 bits per heavy atom. The number of phenols is 2. The molecule has 0 saturated carbocycles. The minimum Gasteiger partial charge on any atom is -0.508 e. The number of halogens is 1. The molecule has 5 rings (SSSR count). The van der Waals surface area contributed by atoms with Gasteiger partial charge in [0, 0.05) is 12.5 Å². The molecule has 2 aliphatic heterocycles. The molecular formula is C23H18FNO6S. The smallest absolute Gasteiger partial charge is 0.316 e. The molecule has 2 bridgehead atoms. The van der Waals surface area contributed by atoms with E-state index in [1.54, 1.807) is 36.4 Å². The first-order valence-corrected chi connectivity index (χ1v) is 11.3. The Bertz CT molecular complexity index is 1310. The molecule has 32 heavy (non-hydrogen) atoms. The minimum atomic E-state index is -4.20. The summed E-state index contributed by atoms with van der Waals surface area (Å²) in [4.78, 5) is 3.48. The largest absolute Gasteiger partial charge is 0.508 e. The van der Waals surface area contributed by atoms with E-state index in [0.29, 0.717) is 11.1 Å². The van der Waals surface area contributed by atoms with E-state index in [4.69, 9.17) is 8.92 Å². The highest BCUT2D eigenvalue weighted by Gasteiger charge is 2.53. The van der Waals surface area contributed by atoms with Crippen molar-refractivity contribution in [3.8, 4) is 17.4 Å². The molecule has 0 radical (unpaired) electrons. The molecule has 0 unspecified atom stereocenters. The lowest BCUT2D eigenvalue weighted by Crippen LogP contribution is -2.35. The summed E-state index contributed by atoms with van der Waals surface area (Å²) in [7, 11) is -4.20. The maximum Gasteiger partial charge on any atom is 0.316 e. The summed E-state index contributed by atoms with van der Waals surface area (Å²) in [5.41, 5.74) is 2.97. The minimum absolute atomic E-state index is 0.0780. The highest BCUT2D eigenvalue weighted by atomic mass is 32.2. The van der Waals surface area contributed by atoms with E-state index < -0.39 is 33.5 Å². The molecule has 164 valence electrons. The molecule has 7 nitrogen and oxygen atoms in total. The van der Waals surface area contributed by atoms with E-state index in [1.165, 1.54) is 24.3 Å². The Kier molecular flexibility index (Phi) is 4.87. The fourth-order valence-electron chi connectivity index (χ4n) is 4.25. The molecule has 0 amide bonds. The molecule has 0 aliphatic carbocycles. The third kappa shape index (κ3) is 3.59. The highest BCUT2D eigenvalue weighted by molar-refractivity contribution is 7.87. The summed E-state index contributed by atoms with van der Waals surface area (Å²) in [6.07, 6.45) is -1.19. The zero-order valence-electron chi connectivity index (χ0n) is 16.6. The number of ether oxygens (including phenoxy) is 1. The number of rotatable bonds is 5. The molecule has 3 atom stereocenters. The Morgan fingerprint density at radius 1 is 0.906 bits per heavy atom. The number of benzene rings is 2. The lowest BCUT2D eigenvalue weighted by molar-refractivity contribution is 0.128. The van der Waals surface area contributed by atoms with Gasteiger partial charge in [-0.25, -0.2) is 0 Å². The Morgan fingerprint density at radius 3 is 2.09 bits per heavy atom. The van der Waals surface area contributed by atoms with Gasteiger partial charge in [-0.15, -0.1) is 0 Å². The Labute approximate surface area is 183 Å². The topological polar surface area (TPSA) is 106 Å². The monoisotopic (exact) mass is 455 g/mol. The van der Waals surface area contributed by atoms with Crippen LogP contribution in [-0.2, 0) is 14.9 Å². The van der Waals surface area contributed by atoms with Crippen molar-refractivity contribution in [3.05, 3.63) is 83.8 Å². The quantitative estimate of drug-likeness (QED) is 0.448. The first kappa shape index (κ1) is 20.5. The average molecular weight is 455 g/mol. The Balaban J connectivity index is 1.56. The van der Waals surface area contributed by atoms with Gasteiger partial charge in [-0.1, -0.05) is 30.3 Å². The number of nitrogens with zero attached hydrogens (tertiary/aromatic N) is 1. The van der Waals surface area contributed by atoms with Gasteiger partial charge in [0.25, 0.3) is 0 Å². The maximum atomic E-state index is 13.4. The van der Waals surface area contributed by atoms with Gasteiger partial charge in [0.05, 0.1) is 6.10 Å². The second-order valence-electron chi connectivity index (χ2n) is 7.62. The van der Waals surface area contributed by atoms with Crippen molar-refractivity contribution in [1.29, 1.82) is 0 Å². The predicted octanol–water partition coefficient (Wildman–Crippen LogP) is 3.49. The lowest BCUT2D eigenvalue weighted by atomic mass is 9.83. The summed E-state index contributed by atoms with van der Waals surface area (Å²) in [6.45, 7) is 0. The number of phenolic OH excluding ortho intramolecular Hbond substituents is 2. The molecule has 1 aromatic heterocycles. The van der Waals surface area contributed by atoms with Crippen molar-refractivity contribution >= 4 is 21.3 Å². The lowest BCUT2D eigenvalue weighted by Gasteiger charge is -2.24. The summed E-state index contributed by atoms with van der Waals surface area (Å²) in [5, 5.41) is 18.3. The highest BCUT2D eigenvalue weighted by Crippen LogP contribution is 2.50. The van der Waals surface area contributed by atoms with Crippen LogP contribution in [0.1, 0.15) is 17.5 Å². The third-order valence-electron chi connectivity index (χ3n) is 5.61. The van der Waals surface area contributed by atoms with Gasteiger partial charge >= 0.3 is 10.1 Å². The van der Waals surface area contributed by atoms with Crippen LogP contribution in [-0.4, -0.2) is 41.1 Å². The normalized spacial score (nSPS) is 22.3. The third-order valence-corrected chi connectivity index (χ3v) is 7.19. The van der Waals surface area contributed by atoms with Crippen LogP contribution < -0.4 is 4.18 Å². The first-order valence-electron chi connectivity index (χ1n) is 9.86. The van der Waals surface area contributed by atoms with Crippen LogP contribution in [0.5, 0.6) is 17.4 Å². The van der Waals surface area contributed by atoms with Crippen LogP contribution in [0.4, 0.5) is 4.39 Å². The first-order chi connectivity index (χ1) is 15.3. The van der Waals surface area contributed by atoms with E-state index in [-0.39, 0.29) is 23.8 Å². The van der Waals surface area contributed by atoms with E-state index >= 15 is 0 Å². The summed E-state index contributed by atoms with van der Waals surface area (Å²) < 4.78 is 50.7. The summed E-state index contributed by atoms with van der Waals surface area (Å²) in [6, 6.07) is 16.7. The number of hydrogen-bond donors (Lipinski definition) is 2. The number of pyridine rings is 1. The predicted molar refractivity (Wildman–Crippen MR) is 114 cm³/mol. The van der Waals surface area contributed by atoms with E-state index in [1.807, 2.05) is 0 Å². The Hall–Kier alpha value is -3.43. The van der Waals surface area contributed by atoms with E-state index in [9.17, 15) is 23.0 Å². The van der Waals surface area contributed by atoms with Crippen molar-refractivity contribution in [1.82, 2.24) is 4.98 Å². The maximum absolute atomic E-state index is 13.4. The van der Waals surface area contributed by atoms with Crippen molar-refractivity contribution < 1.29 is 31.9 Å². The van der Waals surface area contributed by atoms with E-state index in [0.717, 1.165) is 17.2 Å². The average Bonchev–Trinajstić information content (AvgIpc) is 3.34. The van der Waals surface area contributed by atoms with Gasteiger partial charge in [0.15, 0.2) is 0 Å². The molecule has 2 N–H and O–H groups in total. The van der Waals surface area contributed by atoms with Crippen molar-refractivity contribution in [2.24, 2.45) is 0 Å². The zero-order chi connectivity index (χ0) is 22.5. The van der Waals surface area contributed by atoms with Crippen molar-refractivity contribution in [2.45, 2.75) is 23.9 Å². The molecule has 0 spiro atoms. The zero-order valence-corrected chi connectivity index (χ0v) is 17.4. The number of aromatic hydroxyl groups is 2. The number of hydrogen-bond acceptors (Lipinski definition) is 7. The number of aromatic nitrogens is 1. The molecule has 1 saturated heterocycles. The fourth-order valence-corrected chi connectivity index (χ4v) is 5.62. The van der Waals surface area contributed by atoms with Gasteiger partial charge in [-0.05, 0) is 52.6 Å². The standard InChI is InChI=1S/C23H18FNO6S/c24-19-2-1-3-20(25-19)31-32(28,29)18-12-17-21(13-4-8-15(26)9-5-13)22(23(18)30-17)14-6-10-16(27)11-7-14/h1-11,17-18,23,26-27H,12H2/t17-,18+,23+/m1/s1. The molecular weight excluding hydrogens is 437 g/mol. The molecule has 3 aromatic rings. The van der Waals surface area contributed by atoms with Gasteiger partial charge in [-0.3, -0.25) is 0 Å². The van der Waals surface area contributed by atoms with Crippen LogP contribution in [0.25, 0.3) is 11.1 Å². The van der Waals surface area contributed by atoms with Gasteiger partial charge in [0.2, 0.25) is 11.8 Å². The summed E-state index contributed by atoms with van der Waals surface area (Å²) in [5.74, 6) is -1.00. The summed E-state index contributed by atoms with van der Waals surface area (Å²) >= 11 is 0. The van der Waals surface area contributed by atoms with E-state index in [2.05, 4.69) is 4.98 Å². The van der Waals surface area contributed by atoms with Crippen LogP contribution in [0.2, 0.25) is 0 Å². The van der Waals surface area contributed by atoms with Crippen LogP contribution >= 0.6 is 0 Å². The van der Waals surface area contributed by atoms with Gasteiger partial charge in [-0.2, -0.15) is 17.8 Å². The molecule has 2 aromatic carbocycles. The van der Waals surface area contributed by atoms with Crippen LogP contribution in [0, 0.1) is 5.95 Å². The van der Waals surface area contributed by atoms with Crippen LogP contribution in [0.3, 0.4) is 0 Å². The SMILES string of the molecule is O=S(=O)(Oc1cccc(F)n1)[C@H]1C[C@H]2O[C@@H]1C(c1ccc(O)cc1)=C2c1ccc(O)cc1. The van der Waals surface area contributed by atoms with Crippen LogP contribution in [0.15, 0.2) is 66.7 Å². The molecule has 1 fully saturated rings. The second kappa shape index (κ2) is 7.61. The van der Waals surface area contributed by atoms with Gasteiger partial charge < -0.3 is 19.1 Å². The van der Waals surface area contributed by atoms with Crippen molar-refractivity contribution in [2.75, 3.05) is 0 Å². The molecule has 9 heteroatoms. The fraction of sp³-hybridized carbons (Fsp3) is 0.174. The second-order valence-corrected chi connectivity index (χ2v) is 9.37. The molecule has 2 aliphatic rings. The number of fused-ring (bicyclic) bond motifs is 2. The molecule has 3 heterocycles. The van der Waals surface area contributed by atoms with Crippen molar-refractivity contribution in [3.63, 3.8) is 0 Å². The van der Waals surface area contributed by atoms with Gasteiger partial charge in [0.1, 0.15) is 22.9 Å².